The fourth-order valence-electron chi connectivity index (χ4n) is 7.39. The summed E-state index contributed by atoms with van der Waals surface area (Å²) in [7, 11) is 0. The van der Waals surface area contributed by atoms with Crippen LogP contribution in [0, 0.1) is 5.92 Å². The molecule has 0 spiro atoms. The monoisotopic (exact) mass is 732 g/mol. The average Bonchev–Trinajstić information content (AvgIpc) is 3.20. The summed E-state index contributed by atoms with van der Waals surface area (Å²) in [5.74, 6) is 0.145. The van der Waals surface area contributed by atoms with Gasteiger partial charge in [-0.25, -0.2) is 0 Å². The molecule has 3 N–H and O–H groups in total. The number of nitrogens with one attached hydrogen (secondary N) is 2. The van der Waals surface area contributed by atoms with Crippen molar-refractivity contribution in [3.63, 3.8) is 0 Å². The molecule has 0 aromatic heterocycles. The van der Waals surface area contributed by atoms with Crippen molar-refractivity contribution in [2.45, 2.75) is 77.7 Å². The Bertz CT molecular complexity index is 1760. The van der Waals surface area contributed by atoms with Crippen molar-refractivity contribution in [1.82, 2.24) is 20.4 Å². The lowest BCUT2D eigenvalue weighted by atomic mass is 9.89. The third-order valence-electron chi connectivity index (χ3n) is 10.7. The molecule has 2 aliphatic rings. The molecule has 2 aliphatic heterocycles. The van der Waals surface area contributed by atoms with Crippen LogP contribution in [0.3, 0.4) is 0 Å². The van der Waals surface area contributed by atoms with Gasteiger partial charge in [0.2, 0.25) is 11.8 Å². The van der Waals surface area contributed by atoms with E-state index in [2.05, 4.69) is 106 Å². The molecule has 9 heteroatoms. The molecule has 9 nitrogen and oxygen atoms in total. The van der Waals surface area contributed by atoms with E-state index in [-0.39, 0.29) is 36.5 Å². The largest absolute Gasteiger partial charge is 0.392 e. The molecule has 4 aromatic carbocycles. The van der Waals surface area contributed by atoms with Crippen molar-refractivity contribution in [1.29, 1.82) is 0 Å². The van der Waals surface area contributed by atoms with E-state index in [1.165, 1.54) is 12.5 Å². The SMILES string of the molecule is CC(=O)NCCCCCC(=O)NCc1cccc(-c2ccc([C@@H]3O[C@H](CN4CCN(Cc5ccccc5)CC4)[C@H](C)[C@H](c4ccc(CO)cc4)O3)cc2)c1. The summed E-state index contributed by atoms with van der Waals surface area (Å²) in [5.41, 5.74) is 7.50. The quantitative estimate of drug-likeness (QED) is 0.109. The first-order chi connectivity index (χ1) is 26.3. The molecule has 2 fully saturated rings. The van der Waals surface area contributed by atoms with Gasteiger partial charge in [0.1, 0.15) is 0 Å². The number of rotatable bonds is 16. The average molecular weight is 733 g/mol. The summed E-state index contributed by atoms with van der Waals surface area (Å²) in [4.78, 5) is 28.5. The number of nitrogens with zero attached hydrogens (tertiary/aromatic N) is 2. The topological polar surface area (TPSA) is 103 Å². The van der Waals surface area contributed by atoms with Crippen LogP contribution in [-0.2, 0) is 38.8 Å². The molecule has 286 valence electrons. The Morgan fingerprint density at radius 2 is 1.43 bits per heavy atom. The zero-order chi connectivity index (χ0) is 37.7. The van der Waals surface area contributed by atoms with Crippen molar-refractivity contribution < 1.29 is 24.2 Å². The van der Waals surface area contributed by atoms with Crippen molar-refractivity contribution >= 4 is 11.8 Å². The zero-order valence-electron chi connectivity index (χ0n) is 31.8. The molecule has 2 saturated heterocycles. The molecular formula is C45H56N4O5. The third kappa shape index (κ3) is 11.3. The smallest absolute Gasteiger partial charge is 0.220 e. The molecule has 2 heterocycles. The Kier molecular flexibility index (Phi) is 14.4. The number of ether oxygens (including phenoxy) is 2. The van der Waals surface area contributed by atoms with Crippen LogP contribution in [0.4, 0.5) is 0 Å². The van der Waals surface area contributed by atoms with Gasteiger partial charge >= 0.3 is 0 Å². The summed E-state index contributed by atoms with van der Waals surface area (Å²) in [6, 6.07) is 35.5. The van der Waals surface area contributed by atoms with Crippen LogP contribution in [0.15, 0.2) is 103 Å². The lowest BCUT2D eigenvalue weighted by molar-refractivity contribution is -0.276. The number of carbonyl (C=O) groups excluding carboxylic acids is 2. The fraction of sp³-hybridized carbons (Fsp3) is 0.422. The number of aliphatic hydroxyl groups is 1. The Labute approximate surface area is 320 Å². The molecule has 6 rings (SSSR count). The highest BCUT2D eigenvalue weighted by molar-refractivity contribution is 5.76. The van der Waals surface area contributed by atoms with Gasteiger partial charge in [-0.2, -0.15) is 0 Å². The summed E-state index contributed by atoms with van der Waals surface area (Å²) in [6.45, 7) is 10.8. The number of unbranched alkanes of at least 4 members (excludes halogenated alkanes) is 2. The van der Waals surface area contributed by atoms with E-state index in [9.17, 15) is 14.7 Å². The van der Waals surface area contributed by atoms with Gasteiger partial charge in [0.15, 0.2) is 6.29 Å². The van der Waals surface area contributed by atoms with E-state index in [1.54, 1.807) is 0 Å². The second-order valence-electron chi connectivity index (χ2n) is 14.8. The number of aliphatic hydroxyl groups excluding tert-OH is 1. The lowest BCUT2D eigenvalue weighted by Crippen LogP contribution is -2.51. The molecular weight excluding hydrogens is 677 g/mol. The molecule has 0 unspecified atom stereocenters. The molecule has 0 aliphatic carbocycles. The van der Waals surface area contributed by atoms with Crippen LogP contribution in [0.5, 0.6) is 0 Å². The molecule has 0 saturated carbocycles. The number of amides is 2. The molecule has 4 aromatic rings. The van der Waals surface area contributed by atoms with Gasteiger partial charge in [-0.3, -0.25) is 19.4 Å². The van der Waals surface area contributed by atoms with E-state index in [0.717, 1.165) is 91.9 Å². The van der Waals surface area contributed by atoms with Gasteiger partial charge in [-0.15, -0.1) is 0 Å². The van der Waals surface area contributed by atoms with Gasteiger partial charge in [-0.05, 0) is 52.3 Å². The normalized spacial score (nSPS) is 20.7. The highest BCUT2D eigenvalue weighted by Gasteiger charge is 2.39. The Morgan fingerprint density at radius 1 is 0.722 bits per heavy atom. The van der Waals surface area contributed by atoms with E-state index < -0.39 is 6.29 Å². The van der Waals surface area contributed by atoms with Gasteiger partial charge in [0.05, 0.1) is 18.8 Å². The van der Waals surface area contributed by atoms with Crippen molar-refractivity contribution in [3.8, 4) is 11.1 Å². The highest BCUT2D eigenvalue weighted by atomic mass is 16.7. The molecule has 4 atom stereocenters. The summed E-state index contributed by atoms with van der Waals surface area (Å²) >= 11 is 0. The molecule has 54 heavy (non-hydrogen) atoms. The highest BCUT2D eigenvalue weighted by Crippen LogP contribution is 2.42. The van der Waals surface area contributed by atoms with E-state index in [4.69, 9.17) is 9.47 Å². The number of hydrogen-bond acceptors (Lipinski definition) is 7. The Morgan fingerprint density at radius 3 is 2.15 bits per heavy atom. The first-order valence-electron chi connectivity index (χ1n) is 19.5. The zero-order valence-corrected chi connectivity index (χ0v) is 31.8. The predicted molar refractivity (Wildman–Crippen MR) is 212 cm³/mol. The molecule has 0 radical (unpaired) electrons. The molecule has 0 bridgehead atoms. The van der Waals surface area contributed by atoms with Crippen LogP contribution < -0.4 is 10.6 Å². The van der Waals surface area contributed by atoms with Gasteiger partial charge < -0.3 is 25.2 Å². The first-order valence-corrected chi connectivity index (χ1v) is 19.5. The maximum absolute atomic E-state index is 12.5. The maximum Gasteiger partial charge on any atom is 0.220 e. The van der Waals surface area contributed by atoms with E-state index >= 15 is 0 Å². The van der Waals surface area contributed by atoms with Crippen molar-refractivity contribution in [2.24, 2.45) is 5.92 Å². The summed E-state index contributed by atoms with van der Waals surface area (Å²) in [5, 5.41) is 15.5. The number of carbonyl (C=O) groups is 2. The fourth-order valence-corrected chi connectivity index (χ4v) is 7.39. The van der Waals surface area contributed by atoms with Crippen LogP contribution >= 0.6 is 0 Å². The standard InChI is InChI=1S/C45H56N4O5/c1-33-42(31-49-26-24-48(25-27-49)30-35-10-5-3-6-11-35)53-45(54-44(33)39-17-15-36(32-50)16-18-39)40-21-19-38(20-22-40)41-13-9-12-37(28-41)29-47-43(52)14-7-4-8-23-46-34(2)51/h3,5-6,9-13,15-22,28,33,42,44-45,50H,4,7-8,14,23-27,29-32H2,1-2H3,(H,46,51)(H,47,52)/t33-,42+,44+,45+/m0/s1. The lowest BCUT2D eigenvalue weighted by Gasteiger charge is -2.44. The van der Waals surface area contributed by atoms with E-state index in [1.807, 2.05) is 24.3 Å². The minimum Gasteiger partial charge on any atom is -0.392 e. The maximum atomic E-state index is 12.5. The van der Waals surface area contributed by atoms with Gasteiger partial charge in [-0.1, -0.05) is 110 Å². The van der Waals surface area contributed by atoms with Crippen LogP contribution in [-0.4, -0.2) is 72.1 Å². The van der Waals surface area contributed by atoms with Gasteiger partial charge in [0.25, 0.3) is 0 Å². The Balaban J connectivity index is 1.07. The van der Waals surface area contributed by atoms with Crippen molar-refractivity contribution in [2.75, 3.05) is 39.3 Å². The summed E-state index contributed by atoms with van der Waals surface area (Å²) < 4.78 is 13.6. The van der Waals surface area contributed by atoms with Crippen LogP contribution in [0.1, 0.15) is 79.7 Å². The number of benzene rings is 4. The second kappa shape index (κ2) is 19.8. The van der Waals surface area contributed by atoms with Gasteiger partial charge in [0, 0.05) is 77.2 Å². The molecule has 2 amide bonds. The number of hydrogen-bond donors (Lipinski definition) is 3. The third-order valence-corrected chi connectivity index (χ3v) is 10.7. The Hall–Kier alpha value is -4.38. The van der Waals surface area contributed by atoms with E-state index in [0.29, 0.717) is 19.5 Å². The first kappa shape index (κ1) is 39.3. The number of piperazine rings is 1. The second-order valence-corrected chi connectivity index (χ2v) is 14.8. The van der Waals surface area contributed by atoms with Crippen LogP contribution in [0.2, 0.25) is 0 Å². The minimum atomic E-state index is -0.519. The summed E-state index contributed by atoms with van der Waals surface area (Å²) in [6.07, 6.45) is 2.36. The predicted octanol–water partition coefficient (Wildman–Crippen LogP) is 6.77. The minimum absolute atomic E-state index is 0.0128. The van der Waals surface area contributed by atoms with Crippen molar-refractivity contribution in [3.05, 3.63) is 131 Å². The van der Waals surface area contributed by atoms with Crippen LogP contribution in [0.25, 0.3) is 11.1 Å².